The Morgan fingerprint density at radius 1 is 0.917 bits per heavy atom. The average Bonchev–Trinajstić information content (AvgIpc) is 2.99. The predicted molar refractivity (Wildman–Crippen MR) is 88.2 cm³/mol. The Hall–Kier alpha value is -2.87. The van der Waals surface area contributed by atoms with Gasteiger partial charge >= 0.3 is 6.03 Å². The largest absolute Gasteiger partial charge is 0.325 e. The molecule has 0 aliphatic carbocycles. The van der Waals surface area contributed by atoms with Crippen molar-refractivity contribution in [1.29, 1.82) is 0 Å². The minimum absolute atomic E-state index is 0.296. The number of rotatable bonds is 4. The number of benzene rings is 2. The van der Waals surface area contributed by atoms with Crippen molar-refractivity contribution in [3.05, 3.63) is 70.7 Å². The standard InChI is InChI=1S/C16H12F2N4OS/c17-11-3-1-10(2-4-11)9-14-21-22-16(24-14)20-15(23)19-13-7-5-12(18)6-8-13/h1-8H,9H2,(H2,19,20,22,23). The lowest BCUT2D eigenvalue weighted by Gasteiger charge is -2.04. The van der Waals surface area contributed by atoms with Gasteiger partial charge in [0, 0.05) is 12.1 Å². The highest BCUT2D eigenvalue weighted by atomic mass is 32.1. The maximum absolute atomic E-state index is 12.9. The molecule has 0 fully saturated rings. The van der Waals surface area contributed by atoms with Gasteiger partial charge in [-0.1, -0.05) is 23.5 Å². The molecule has 1 heterocycles. The van der Waals surface area contributed by atoms with E-state index in [9.17, 15) is 13.6 Å². The van der Waals surface area contributed by atoms with E-state index in [-0.39, 0.29) is 11.6 Å². The van der Waals surface area contributed by atoms with Crippen LogP contribution in [0.3, 0.4) is 0 Å². The minimum atomic E-state index is -0.494. The number of hydrogen-bond acceptors (Lipinski definition) is 4. The fourth-order valence-electron chi connectivity index (χ4n) is 1.95. The lowest BCUT2D eigenvalue weighted by molar-refractivity contribution is 0.262. The number of hydrogen-bond donors (Lipinski definition) is 2. The van der Waals surface area contributed by atoms with Crippen LogP contribution >= 0.6 is 11.3 Å². The van der Waals surface area contributed by atoms with Crippen LogP contribution in [0.15, 0.2) is 48.5 Å². The summed E-state index contributed by atoms with van der Waals surface area (Å²) in [6.07, 6.45) is 0.499. The number of anilines is 2. The lowest BCUT2D eigenvalue weighted by Crippen LogP contribution is -2.19. The lowest BCUT2D eigenvalue weighted by atomic mass is 10.2. The topological polar surface area (TPSA) is 66.9 Å². The third-order valence-electron chi connectivity index (χ3n) is 3.06. The quantitative estimate of drug-likeness (QED) is 0.749. The van der Waals surface area contributed by atoms with Crippen LogP contribution in [0, 0.1) is 11.6 Å². The first-order valence-corrected chi connectivity index (χ1v) is 7.80. The molecule has 5 nitrogen and oxygen atoms in total. The summed E-state index contributed by atoms with van der Waals surface area (Å²) < 4.78 is 25.7. The number of nitrogens with zero attached hydrogens (tertiary/aromatic N) is 2. The smallest absolute Gasteiger partial charge is 0.308 e. The molecule has 0 saturated carbocycles. The Bertz CT molecular complexity index is 834. The molecule has 0 unspecified atom stereocenters. The summed E-state index contributed by atoms with van der Waals surface area (Å²) in [4.78, 5) is 11.9. The number of nitrogens with one attached hydrogen (secondary N) is 2. The highest BCUT2D eigenvalue weighted by Gasteiger charge is 2.09. The molecule has 0 saturated heterocycles. The number of aromatic nitrogens is 2. The summed E-state index contributed by atoms with van der Waals surface area (Å²) in [5.41, 5.74) is 1.36. The van der Waals surface area contributed by atoms with Crippen molar-refractivity contribution in [1.82, 2.24) is 10.2 Å². The molecule has 3 aromatic rings. The maximum atomic E-state index is 12.9. The second-order valence-corrected chi connectivity index (χ2v) is 5.95. The van der Waals surface area contributed by atoms with E-state index >= 15 is 0 Å². The molecule has 122 valence electrons. The van der Waals surface area contributed by atoms with Gasteiger partial charge in [0.1, 0.15) is 16.6 Å². The minimum Gasteiger partial charge on any atom is -0.308 e. The van der Waals surface area contributed by atoms with Gasteiger partial charge < -0.3 is 5.32 Å². The normalized spacial score (nSPS) is 10.4. The van der Waals surface area contributed by atoms with E-state index in [2.05, 4.69) is 20.8 Å². The molecule has 0 aliphatic rings. The van der Waals surface area contributed by atoms with Gasteiger partial charge in [0.05, 0.1) is 0 Å². The molecule has 3 rings (SSSR count). The summed E-state index contributed by atoms with van der Waals surface area (Å²) in [7, 11) is 0. The molecule has 8 heteroatoms. The molecule has 0 spiro atoms. The van der Waals surface area contributed by atoms with Gasteiger partial charge in [-0.3, -0.25) is 5.32 Å². The molecule has 2 amide bonds. The van der Waals surface area contributed by atoms with Gasteiger partial charge in [-0.15, -0.1) is 10.2 Å². The fourth-order valence-corrected chi connectivity index (χ4v) is 2.71. The Morgan fingerprint density at radius 2 is 1.54 bits per heavy atom. The summed E-state index contributed by atoms with van der Waals surface area (Å²) in [6, 6.07) is 11.0. The van der Waals surface area contributed by atoms with Crippen molar-refractivity contribution < 1.29 is 13.6 Å². The van der Waals surface area contributed by atoms with Gasteiger partial charge in [-0.2, -0.15) is 0 Å². The van der Waals surface area contributed by atoms with Gasteiger partial charge in [-0.25, -0.2) is 13.6 Å². The van der Waals surface area contributed by atoms with Gasteiger partial charge in [0.15, 0.2) is 0 Å². The molecular formula is C16H12F2N4OS. The van der Waals surface area contributed by atoms with Crippen LogP contribution in [-0.2, 0) is 6.42 Å². The number of amides is 2. The molecular weight excluding hydrogens is 334 g/mol. The summed E-state index contributed by atoms with van der Waals surface area (Å²) in [5, 5.41) is 14.0. The van der Waals surface area contributed by atoms with Crippen molar-refractivity contribution in [3.8, 4) is 0 Å². The molecule has 24 heavy (non-hydrogen) atoms. The van der Waals surface area contributed by atoms with Crippen molar-refractivity contribution >= 4 is 28.2 Å². The second-order valence-electron chi connectivity index (χ2n) is 4.89. The molecule has 0 aliphatic heterocycles. The third-order valence-corrected chi connectivity index (χ3v) is 3.90. The summed E-state index contributed by atoms with van der Waals surface area (Å²) in [6.45, 7) is 0. The van der Waals surface area contributed by atoms with Crippen molar-refractivity contribution in [3.63, 3.8) is 0 Å². The van der Waals surface area contributed by atoms with Crippen molar-refractivity contribution in [2.45, 2.75) is 6.42 Å². The van der Waals surface area contributed by atoms with Gasteiger partial charge in [-0.05, 0) is 42.0 Å². The number of carbonyl (C=O) groups excluding carboxylic acids is 1. The monoisotopic (exact) mass is 346 g/mol. The molecule has 1 aromatic heterocycles. The SMILES string of the molecule is O=C(Nc1ccc(F)cc1)Nc1nnc(Cc2ccc(F)cc2)s1. The zero-order valence-corrected chi connectivity index (χ0v) is 13.1. The fraction of sp³-hybridized carbons (Fsp3) is 0.0625. The van der Waals surface area contributed by atoms with E-state index in [1.165, 1.54) is 47.7 Å². The van der Waals surface area contributed by atoms with E-state index in [1.807, 2.05) is 0 Å². The highest BCUT2D eigenvalue weighted by molar-refractivity contribution is 7.15. The van der Waals surface area contributed by atoms with E-state index in [0.717, 1.165) is 5.56 Å². The molecule has 2 aromatic carbocycles. The van der Waals surface area contributed by atoms with Gasteiger partial charge in [0.25, 0.3) is 0 Å². The van der Waals surface area contributed by atoms with Crippen molar-refractivity contribution in [2.24, 2.45) is 0 Å². The highest BCUT2D eigenvalue weighted by Crippen LogP contribution is 2.19. The third kappa shape index (κ3) is 4.32. The first-order valence-electron chi connectivity index (χ1n) is 6.99. The van der Waals surface area contributed by atoms with Gasteiger partial charge in [0.2, 0.25) is 5.13 Å². The van der Waals surface area contributed by atoms with E-state index in [0.29, 0.717) is 22.2 Å². The summed E-state index contributed by atoms with van der Waals surface area (Å²) in [5.74, 6) is -0.675. The van der Waals surface area contributed by atoms with Crippen LogP contribution in [0.1, 0.15) is 10.6 Å². The van der Waals surface area contributed by atoms with E-state index < -0.39 is 6.03 Å². The maximum Gasteiger partial charge on any atom is 0.325 e. The first-order chi connectivity index (χ1) is 11.6. The average molecular weight is 346 g/mol. The van der Waals surface area contributed by atoms with Crippen LogP contribution in [-0.4, -0.2) is 16.2 Å². The second kappa shape index (κ2) is 7.14. The number of urea groups is 1. The number of halogens is 2. The van der Waals surface area contributed by atoms with E-state index in [4.69, 9.17) is 0 Å². The Kier molecular flexibility index (Phi) is 4.76. The summed E-state index contributed by atoms with van der Waals surface area (Å²) >= 11 is 1.23. The predicted octanol–water partition coefficient (Wildman–Crippen LogP) is 4.05. The van der Waals surface area contributed by atoms with Crippen LogP contribution in [0.4, 0.5) is 24.4 Å². The Morgan fingerprint density at radius 3 is 2.21 bits per heavy atom. The Labute approximate surface area is 140 Å². The van der Waals surface area contributed by atoms with Crippen LogP contribution < -0.4 is 10.6 Å². The Balaban J connectivity index is 1.58. The molecule has 0 radical (unpaired) electrons. The molecule has 0 atom stereocenters. The number of carbonyl (C=O) groups is 1. The zero-order valence-electron chi connectivity index (χ0n) is 12.3. The van der Waals surface area contributed by atoms with Crippen LogP contribution in [0.25, 0.3) is 0 Å². The van der Waals surface area contributed by atoms with Crippen LogP contribution in [0.5, 0.6) is 0 Å². The van der Waals surface area contributed by atoms with Crippen LogP contribution in [0.2, 0.25) is 0 Å². The zero-order chi connectivity index (χ0) is 16.9. The van der Waals surface area contributed by atoms with E-state index in [1.54, 1.807) is 12.1 Å². The first kappa shape index (κ1) is 16.0. The van der Waals surface area contributed by atoms with Crippen molar-refractivity contribution in [2.75, 3.05) is 10.6 Å². The molecule has 2 N–H and O–H groups in total. The molecule has 0 bridgehead atoms.